The Morgan fingerprint density at radius 2 is 1.85 bits per heavy atom. The summed E-state index contributed by atoms with van der Waals surface area (Å²) < 4.78 is 28.5. The zero-order valence-corrected chi connectivity index (χ0v) is 16.5. The summed E-state index contributed by atoms with van der Waals surface area (Å²) in [6.45, 7) is 2.12. The first-order valence-electron chi connectivity index (χ1n) is 8.94. The molecule has 3 rings (SSSR count). The maximum atomic E-state index is 11.5. The summed E-state index contributed by atoms with van der Waals surface area (Å²) in [5.74, 6) is 1.72. The van der Waals surface area contributed by atoms with Crippen molar-refractivity contribution < 1.29 is 13.2 Å². The molecule has 144 valence electrons. The third-order valence-electron chi connectivity index (χ3n) is 4.50. The molecule has 0 atom stereocenters. The summed E-state index contributed by atoms with van der Waals surface area (Å²) in [4.78, 5) is 4.55. The van der Waals surface area contributed by atoms with E-state index < -0.39 is 9.84 Å². The Morgan fingerprint density at radius 3 is 2.56 bits per heavy atom. The number of benzene rings is 2. The van der Waals surface area contributed by atoms with Crippen LogP contribution in [-0.4, -0.2) is 40.8 Å². The van der Waals surface area contributed by atoms with Crippen molar-refractivity contribution in [2.75, 3.05) is 26.5 Å². The average molecular weight is 388 g/mol. The summed E-state index contributed by atoms with van der Waals surface area (Å²) in [6, 6.07) is 13.2. The van der Waals surface area contributed by atoms with Crippen LogP contribution in [0.3, 0.4) is 0 Å². The standard InChI is InChI=1S/C20H25N3O3S/c1-21-20(23-14-16-3-6-18(7-4-16)27(2,24)25)22-11-9-15-5-8-19-17(13-15)10-12-26-19/h3-8,13H,9-12,14H2,1-2H3,(H2,21,22,23). The van der Waals surface area contributed by atoms with Crippen molar-refractivity contribution >= 4 is 15.8 Å². The molecular weight excluding hydrogens is 362 g/mol. The maximum absolute atomic E-state index is 11.5. The molecular formula is C20H25N3O3S. The molecule has 0 spiro atoms. The molecule has 0 radical (unpaired) electrons. The van der Waals surface area contributed by atoms with Gasteiger partial charge in [-0.15, -0.1) is 0 Å². The predicted molar refractivity (Wildman–Crippen MR) is 107 cm³/mol. The number of hydrogen-bond donors (Lipinski definition) is 2. The Bertz CT molecular complexity index is 922. The number of sulfone groups is 1. The number of aliphatic imine (C=N–C) groups is 1. The van der Waals surface area contributed by atoms with Crippen LogP contribution in [0.5, 0.6) is 5.75 Å². The third kappa shape index (κ3) is 5.23. The fourth-order valence-corrected chi connectivity index (χ4v) is 3.61. The number of rotatable bonds is 6. The third-order valence-corrected chi connectivity index (χ3v) is 5.62. The van der Waals surface area contributed by atoms with Gasteiger partial charge < -0.3 is 15.4 Å². The van der Waals surface area contributed by atoms with Crippen LogP contribution in [0.25, 0.3) is 0 Å². The number of nitrogens with one attached hydrogen (secondary N) is 2. The Hall–Kier alpha value is -2.54. The van der Waals surface area contributed by atoms with E-state index in [1.165, 1.54) is 17.4 Å². The van der Waals surface area contributed by atoms with Crippen molar-refractivity contribution in [1.29, 1.82) is 0 Å². The Labute approximate surface area is 160 Å². The topological polar surface area (TPSA) is 79.8 Å². The number of fused-ring (bicyclic) bond motifs is 1. The second kappa shape index (κ2) is 8.43. The minimum atomic E-state index is -3.16. The van der Waals surface area contributed by atoms with Gasteiger partial charge in [0.15, 0.2) is 15.8 Å². The highest BCUT2D eigenvalue weighted by atomic mass is 32.2. The Morgan fingerprint density at radius 1 is 1.11 bits per heavy atom. The van der Waals surface area contributed by atoms with Crippen LogP contribution in [0.15, 0.2) is 52.4 Å². The van der Waals surface area contributed by atoms with Gasteiger partial charge in [0.1, 0.15) is 5.75 Å². The van der Waals surface area contributed by atoms with Crippen LogP contribution >= 0.6 is 0 Å². The minimum absolute atomic E-state index is 0.327. The van der Waals surface area contributed by atoms with E-state index in [-0.39, 0.29) is 0 Å². The summed E-state index contributed by atoms with van der Waals surface area (Å²) in [5.41, 5.74) is 3.55. The highest BCUT2D eigenvalue weighted by Gasteiger charge is 2.12. The fraction of sp³-hybridized carbons (Fsp3) is 0.350. The summed E-state index contributed by atoms with van der Waals surface area (Å²) in [6.07, 6.45) is 3.09. The quantitative estimate of drug-likeness (QED) is 0.585. The largest absolute Gasteiger partial charge is 0.493 e. The predicted octanol–water partition coefficient (Wildman–Crippen LogP) is 1.93. The Balaban J connectivity index is 1.47. The molecule has 0 saturated heterocycles. The zero-order chi connectivity index (χ0) is 19.3. The normalized spacial score (nSPS) is 13.8. The van der Waals surface area contributed by atoms with Crippen LogP contribution in [-0.2, 0) is 29.2 Å². The van der Waals surface area contributed by atoms with Crippen LogP contribution in [0.4, 0.5) is 0 Å². The highest BCUT2D eigenvalue weighted by Crippen LogP contribution is 2.25. The van der Waals surface area contributed by atoms with E-state index in [0.717, 1.165) is 37.3 Å². The molecule has 2 aromatic rings. The van der Waals surface area contributed by atoms with Gasteiger partial charge in [0.05, 0.1) is 11.5 Å². The molecule has 7 heteroatoms. The molecule has 0 aliphatic carbocycles. The Kier molecular flexibility index (Phi) is 6.01. The van der Waals surface area contributed by atoms with Gasteiger partial charge >= 0.3 is 0 Å². The first-order chi connectivity index (χ1) is 13.0. The minimum Gasteiger partial charge on any atom is -0.493 e. The van der Waals surface area contributed by atoms with Crippen molar-refractivity contribution in [2.24, 2.45) is 4.99 Å². The van der Waals surface area contributed by atoms with Crippen molar-refractivity contribution in [1.82, 2.24) is 10.6 Å². The lowest BCUT2D eigenvalue weighted by atomic mass is 10.1. The molecule has 0 bridgehead atoms. The molecule has 1 aliphatic heterocycles. The zero-order valence-electron chi connectivity index (χ0n) is 15.7. The van der Waals surface area contributed by atoms with Gasteiger partial charge in [-0.1, -0.05) is 24.3 Å². The van der Waals surface area contributed by atoms with Gasteiger partial charge in [0.2, 0.25) is 0 Å². The van der Waals surface area contributed by atoms with Gasteiger partial charge in [0, 0.05) is 32.8 Å². The van der Waals surface area contributed by atoms with E-state index in [0.29, 0.717) is 17.4 Å². The second-order valence-corrected chi connectivity index (χ2v) is 8.57. The van der Waals surface area contributed by atoms with E-state index in [1.54, 1.807) is 19.2 Å². The molecule has 1 aliphatic rings. The molecule has 0 fully saturated rings. The van der Waals surface area contributed by atoms with Crippen LogP contribution in [0, 0.1) is 0 Å². The molecule has 2 aromatic carbocycles. The SMILES string of the molecule is CN=C(NCCc1ccc2c(c1)CCO2)NCc1ccc(S(C)(=O)=O)cc1. The van der Waals surface area contributed by atoms with Gasteiger partial charge in [-0.25, -0.2) is 8.42 Å². The summed E-state index contributed by atoms with van der Waals surface area (Å²) in [5, 5.41) is 6.54. The number of ether oxygens (including phenoxy) is 1. The summed E-state index contributed by atoms with van der Waals surface area (Å²) in [7, 11) is -1.43. The van der Waals surface area contributed by atoms with Crippen LogP contribution in [0.1, 0.15) is 16.7 Å². The molecule has 2 N–H and O–H groups in total. The van der Waals surface area contributed by atoms with Crippen LogP contribution < -0.4 is 15.4 Å². The first kappa shape index (κ1) is 19.2. The number of nitrogens with zero attached hydrogens (tertiary/aromatic N) is 1. The number of guanidine groups is 1. The van der Waals surface area contributed by atoms with Crippen molar-refractivity contribution in [2.45, 2.75) is 24.3 Å². The van der Waals surface area contributed by atoms with Crippen molar-refractivity contribution in [3.8, 4) is 5.75 Å². The van der Waals surface area contributed by atoms with E-state index in [2.05, 4.69) is 27.8 Å². The van der Waals surface area contributed by atoms with Gasteiger partial charge in [0.25, 0.3) is 0 Å². The highest BCUT2D eigenvalue weighted by molar-refractivity contribution is 7.90. The lowest BCUT2D eigenvalue weighted by Gasteiger charge is -2.12. The molecule has 0 saturated carbocycles. The summed E-state index contributed by atoms with van der Waals surface area (Å²) >= 11 is 0. The molecule has 6 nitrogen and oxygen atoms in total. The van der Waals surface area contributed by atoms with E-state index in [9.17, 15) is 8.42 Å². The first-order valence-corrected chi connectivity index (χ1v) is 10.8. The molecule has 27 heavy (non-hydrogen) atoms. The van der Waals surface area contributed by atoms with E-state index in [4.69, 9.17) is 4.74 Å². The molecule has 0 amide bonds. The van der Waals surface area contributed by atoms with E-state index in [1.807, 2.05) is 18.2 Å². The van der Waals surface area contributed by atoms with E-state index >= 15 is 0 Å². The maximum Gasteiger partial charge on any atom is 0.191 e. The lowest BCUT2D eigenvalue weighted by molar-refractivity contribution is 0.357. The van der Waals surface area contributed by atoms with Gasteiger partial charge in [-0.3, -0.25) is 4.99 Å². The molecule has 0 aromatic heterocycles. The lowest BCUT2D eigenvalue weighted by Crippen LogP contribution is -2.37. The van der Waals surface area contributed by atoms with Crippen molar-refractivity contribution in [3.05, 3.63) is 59.2 Å². The second-order valence-electron chi connectivity index (χ2n) is 6.56. The van der Waals surface area contributed by atoms with Gasteiger partial charge in [-0.05, 0) is 41.3 Å². The molecule has 0 unspecified atom stereocenters. The smallest absolute Gasteiger partial charge is 0.191 e. The van der Waals surface area contributed by atoms with Crippen LogP contribution in [0.2, 0.25) is 0 Å². The van der Waals surface area contributed by atoms with Crippen molar-refractivity contribution in [3.63, 3.8) is 0 Å². The van der Waals surface area contributed by atoms with Gasteiger partial charge in [-0.2, -0.15) is 0 Å². The molecule has 1 heterocycles. The fourth-order valence-electron chi connectivity index (χ4n) is 2.98. The monoisotopic (exact) mass is 387 g/mol. The average Bonchev–Trinajstić information content (AvgIpc) is 3.12. The number of hydrogen-bond acceptors (Lipinski definition) is 4.